The highest BCUT2D eigenvalue weighted by atomic mass is 16.3. The number of para-hydroxylation sites is 1. The summed E-state index contributed by atoms with van der Waals surface area (Å²) in [5.41, 5.74) is 7.61. The van der Waals surface area contributed by atoms with Crippen LogP contribution in [-0.2, 0) is 0 Å². The zero-order chi connectivity index (χ0) is 15.3. The van der Waals surface area contributed by atoms with E-state index >= 15 is 0 Å². The Kier molecular flexibility index (Phi) is 3.11. The van der Waals surface area contributed by atoms with Crippen molar-refractivity contribution in [2.45, 2.75) is 33.1 Å². The molecule has 0 spiro atoms. The Balaban J connectivity index is 1.95. The average Bonchev–Trinajstić information content (AvgIpc) is 3.09. The monoisotopic (exact) mass is 290 g/mol. The summed E-state index contributed by atoms with van der Waals surface area (Å²) in [5, 5.41) is 10.3. The smallest absolute Gasteiger partial charge is 0.123 e. The molecule has 2 aromatic carbocycles. The van der Waals surface area contributed by atoms with Crippen LogP contribution in [0.5, 0.6) is 5.75 Å². The van der Waals surface area contributed by atoms with Crippen LogP contribution in [0.4, 0.5) is 0 Å². The van der Waals surface area contributed by atoms with Crippen LogP contribution in [0.1, 0.15) is 36.0 Å². The number of fused-ring (bicyclic) bond motifs is 2. The molecule has 2 unspecified atom stereocenters. The number of aromatic hydroxyl groups is 1. The van der Waals surface area contributed by atoms with Crippen LogP contribution in [0.3, 0.4) is 0 Å². The molecule has 0 heterocycles. The highest BCUT2D eigenvalue weighted by molar-refractivity contribution is 5.87. The number of allylic oxidation sites excluding steroid dienone is 2. The predicted molar refractivity (Wildman–Crippen MR) is 91.8 cm³/mol. The Morgan fingerprint density at radius 1 is 1.00 bits per heavy atom. The molecule has 0 aliphatic heterocycles. The highest BCUT2D eigenvalue weighted by Gasteiger charge is 2.34. The molecule has 2 aliphatic rings. The second-order valence-corrected chi connectivity index (χ2v) is 6.91. The van der Waals surface area contributed by atoms with E-state index in [-0.39, 0.29) is 0 Å². The lowest BCUT2D eigenvalue weighted by atomic mass is 9.83. The Bertz CT molecular complexity index is 769. The third-order valence-corrected chi connectivity index (χ3v) is 5.29. The Morgan fingerprint density at radius 3 is 2.50 bits per heavy atom. The first-order chi connectivity index (χ1) is 10.6. The molecule has 1 nitrogen and oxygen atoms in total. The second kappa shape index (κ2) is 5.01. The third kappa shape index (κ3) is 2.08. The molecule has 2 aliphatic carbocycles. The van der Waals surface area contributed by atoms with Gasteiger partial charge in [-0.1, -0.05) is 42.0 Å². The maximum atomic E-state index is 10.3. The van der Waals surface area contributed by atoms with Crippen LogP contribution in [0.25, 0.3) is 16.7 Å². The maximum absolute atomic E-state index is 10.3. The number of rotatable bonds is 2. The zero-order valence-corrected chi connectivity index (χ0v) is 13.3. The summed E-state index contributed by atoms with van der Waals surface area (Å²) in [6.07, 6.45) is 6.49. The highest BCUT2D eigenvalue weighted by Crippen LogP contribution is 2.51. The molecule has 1 fully saturated rings. The fourth-order valence-corrected chi connectivity index (χ4v) is 4.39. The van der Waals surface area contributed by atoms with E-state index < -0.39 is 0 Å². The van der Waals surface area contributed by atoms with E-state index in [0.717, 1.165) is 17.4 Å². The minimum absolute atomic E-state index is 0.373. The van der Waals surface area contributed by atoms with Crippen LogP contribution < -0.4 is 0 Å². The van der Waals surface area contributed by atoms with Gasteiger partial charge in [-0.2, -0.15) is 0 Å². The van der Waals surface area contributed by atoms with Crippen molar-refractivity contribution in [2.24, 2.45) is 11.8 Å². The number of hydrogen-bond donors (Lipinski definition) is 1. The maximum Gasteiger partial charge on any atom is 0.123 e. The van der Waals surface area contributed by atoms with Gasteiger partial charge in [0.1, 0.15) is 5.75 Å². The molecule has 2 bridgehead atoms. The molecular weight excluding hydrogens is 268 g/mol. The lowest BCUT2D eigenvalue weighted by molar-refractivity contribution is 0.477. The van der Waals surface area contributed by atoms with Crippen LogP contribution in [0, 0.1) is 25.7 Å². The van der Waals surface area contributed by atoms with Crippen molar-refractivity contribution in [3.8, 4) is 16.9 Å². The fourth-order valence-electron chi connectivity index (χ4n) is 4.39. The molecule has 1 heteroatoms. The lowest BCUT2D eigenvalue weighted by Gasteiger charge is -2.21. The van der Waals surface area contributed by atoms with Crippen molar-refractivity contribution in [2.75, 3.05) is 0 Å². The first-order valence-electron chi connectivity index (χ1n) is 8.25. The van der Waals surface area contributed by atoms with E-state index in [1.165, 1.54) is 47.1 Å². The van der Waals surface area contributed by atoms with E-state index in [2.05, 4.69) is 32.1 Å². The first kappa shape index (κ1) is 13.6. The van der Waals surface area contributed by atoms with Gasteiger partial charge >= 0.3 is 0 Å². The number of phenols is 1. The second-order valence-electron chi connectivity index (χ2n) is 6.91. The standard InChI is InChI=1S/C21H22O/c1-13-9-14(2)21(18-12-15-7-8-16(18)11-15)19(10-13)17-5-3-4-6-20(17)22/h3-6,9-10,12,15-16,22H,7-8,11H2,1-2H3. The molecule has 112 valence electrons. The lowest BCUT2D eigenvalue weighted by Crippen LogP contribution is -2.02. The summed E-state index contributed by atoms with van der Waals surface area (Å²) in [7, 11) is 0. The quantitative estimate of drug-likeness (QED) is 0.775. The third-order valence-electron chi connectivity index (χ3n) is 5.29. The van der Waals surface area contributed by atoms with Crippen LogP contribution >= 0.6 is 0 Å². The van der Waals surface area contributed by atoms with Gasteiger partial charge in [0.15, 0.2) is 0 Å². The first-order valence-corrected chi connectivity index (χ1v) is 8.25. The number of aryl methyl sites for hydroxylation is 2. The molecule has 2 atom stereocenters. The van der Waals surface area contributed by atoms with Gasteiger partial charge in [0.2, 0.25) is 0 Å². The Hall–Kier alpha value is -2.02. The normalized spacial score (nSPS) is 22.9. The SMILES string of the molecule is Cc1cc(C)c(C2=CC3CCC2C3)c(-c2ccccc2O)c1. The fraction of sp³-hybridized carbons (Fsp3) is 0.333. The van der Waals surface area contributed by atoms with Crippen molar-refractivity contribution in [3.05, 3.63) is 59.2 Å². The molecule has 1 N–H and O–H groups in total. The van der Waals surface area contributed by atoms with E-state index in [4.69, 9.17) is 0 Å². The summed E-state index contributed by atoms with van der Waals surface area (Å²) in [5.74, 6) is 1.87. The average molecular weight is 290 g/mol. The topological polar surface area (TPSA) is 20.2 Å². The van der Waals surface area contributed by atoms with Crippen molar-refractivity contribution >= 4 is 5.57 Å². The van der Waals surface area contributed by atoms with E-state index in [1.807, 2.05) is 18.2 Å². The molecule has 0 amide bonds. The largest absolute Gasteiger partial charge is 0.507 e. The van der Waals surface area contributed by atoms with Crippen molar-refractivity contribution in [1.29, 1.82) is 0 Å². The Morgan fingerprint density at radius 2 is 1.82 bits per heavy atom. The predicted octanol–water partition coefficient (Wildman–Crippen LogP) is 5.49. The summed E-state index contributed by atoms with van der Waals surface area (Å²) < 4.78 is 0. The van der Waals surface area contributed by atoms with Crippen molar-refractivity contribution in [3.63, 3.8) is 0 Å². The summed E-state index contributed by atoms with van der Waals surface area (Å²) in [6.45, 7) is 4.34. The van der Waals surface area contributed by atoms with Crippen molar-refractivity contribution in [1.82, 2.24) is 0 Å². The number of benzene rings is 2. The molecule has 0 aromatic heterocycles. The van der Waals surface area contributed by atoms with E-state index in [0.29, 0.717) is 5.75 Å². The van der Waals surface area contributed by atoms with Gasteiger partial charge in [0, 0.05) is 5.56 Å². The van der Waals surface area contributed by atoms with Gasteiger partial charge in [-0.3, -0.25) is 0 Å². The molecule has 0 radical (unpaired) electrons. The van der Waals surface area contributed by atoms with Crippen molar-refractivity contribution < 1.29 is 5.11 Å². The molecular formula is C21H22O. The summed E-state index contributed by atoms with van der Waals surface area (Å²) in [6, 6.07) is 12.2. The summed E-state index contributed by atoms with van der Waals surface area (Å²) in [4.78, 5) is 0. The van der Waals surface area contributed by atoms with Gasteiger partial charge in [-0.25, -0.2) is 0 Å². The van der Waals surface area contributed by atoms with Gasteiger partial charge in [0.05, 0.1) is 0 Å². The summed E-state index contributed by atoms with van der Waals surface area (Å²) >= 11 is 0. The molecule has 2 aromatic rings. The van der Waals surface area contributed by atoms with Gasteiger partial charge in [-0.05, 0) is 73.3 Å². The van der Waals surface area contributed by atoms with Gasteiger partial charge in [0.25, 0.3) is 0 Å². The minimum Gasteiger partial charge on any atom is -0.507 e. The molecule has 0 saturated heterocycles. The Labute approximate surface area is 132 Å². The number of phenolic OH excluding ortho intramolecular Hbond substituents is 1. The van der Waals surface area contributed by atoms with Gasteiger partial charge < -0.3 is 5.11 Å². The molecule has 4 rings (SSSR count). The van der Waals surface area contributed by atoms with Crippen LogP contribution in [0.2, 0.25) is 0 Å². The minimum atomic E-state index is 0.373. The molecule has 22 heavy (non-hydrogen) atoms. The zero-order valence-electron chi connectivity index (χ0n) is 13.3. The molecule has 1 saturated carbocycles. The number of hydrogen-bond acceptors (Lipinski definition) is 1. The van der Waals surface area contributed by atoms with Gasteiger partial charge in [-0.15, -0.1) is 0 Å². The van der Waals surface area contributed by atoms with E-state index in [1.54, 1.807) is 6.07 Å². The van der Waals surface area contributed by atoms with Crippen LogP contribution in [0.15, 0.2) is 42.5 Å². The van der Waals surface area contributed by atoms with E-state index in [9.17, 15) is 5.11 Å². The van der Waals surface area contributed by atoms with Crippen LogP contribution in [-0.4, -0.2) is 5.11 Å².